The molecule has 1 amide bonds. The molecule has 29 heavy (non-hydrogen) atoms. The van der Waals surface area contributed by atoms with E-state index in [1.807, 2.05) is 11.0 Å². The van der Waals surface area contributed by atoms with Gasteiger partial charge in [0.15, 0.2) is 5.96 Å². The normalized spacial score (nSPS) is 15.8. The summed E-state index contributed by atoms with van der Waals surface area (Å²) in [4.78, 5) is 18.4. The van der Waals surface area contributed by atoms with Gasteiger partial charge in [0.2, 0.25) is 5.91 Å². The van der Waals surface area contributed by atoms with Crippen LogP contribution in [0, 0.1) is 0 Å². The molecule has 0 saturated carbocycles. The molecule has 0 aromatic heterocycles. The second-order valence-corrected chi connectivity index (χ2v) is 8.12. The molecule has 0 spiro atoms. The van der Waals surface area contributed by atoms with Gasteiger partial charge >= 0.3 is 0 Å². The molecule has 7 heteroatoms. The van der Waals surface area contributed by atoms with Gasteiger partial charge in [0, 0.05) is 44.2 Å². The Bertz CT molecular complexity index is 635. The Morgan fingerprint density at radius 3 is 2.59 bits per heavy atom. The molecule has 1 atom stereocenters. The number of hydrogen-bond acceptors (Lipinski definition) is 3. The fourth-order valence-electron chi connectivity index (χ4n) is 3.49. The van der Waals surface area contributed by atoms with Gasteiger partial charge in [-0.2, -0.15) is 0 Å². The SMILES string of the molecule is CCNC(=NCC(C)(C)NC(C)c1ccccc1)NCCCN1CCCC1=O.I. The van der Waals surface area contributed by atoms with Gasteiger partial charge in [0.25, 0.3) is 0 Å². The fraction of sp³-hybridized carbons (Fsp3) is 0.636. The predicted molar refractivity (Wildman–Crippen MR) is 132 cm³/mol. The van der Waals surface area contributed by atoms with Crippen molar-refractivity contribution in [2.75, 3.05) is 32.7 Å². The number of halogens is 1. The maximum Gasteiger partial charge on any atom is 0.222 e. The van der Waals surface area contributed by atoms with Crippen LogP contribution in [0.3, 0.4) is 0 Å². The Labute approximate surface area is 193 Å². The Kier molecular flexibility index (Phi) is 11.6. The summed E-state index contributed by atoms with van der Waals surface area (Å²) in [6.45, 7) is 12.7. The van der Waals surface area contributed by atoms with Crippen LogP contribution < -0.4 is 16.0 Å². The van der Waals surface area contributed by atoms with E-state index in [-0.39, 0.29) is 35.6 Å². The van der Waals surface area contributed by atoms with Crippen LogP contribution in [0.2, 0.25) is 0 Å². The molecule has 1 saturated heterocycles. The molecule has 1 unspecified atom stereocenters. The Morgan fingerprint density at radius 2 is 1.97 bits per heavy atom. The van der Waals surface area contributed by atoms with Gasteiger partial charge in [-0.1, -0.05) is 30.3 Å². The lowest BCUT2D eigenvalue weighted by atomic mass is 10.0. The molecule has 1 fully saturated rings. The third-order valence-corrected chi connectivity index (χ3v) is 4.95. The quantitative estimate of drug-likeness (QED) is 0.194. The molecule has 1 heterocycles. The van der Waals surface area contributed by atoms with E-state index in [0.29, 0.717) is 18.9 Å². The Hall–Kier alpha value is -1.35. The summed E-state index contributed by atoms with van der Waals surface area (Å²) in [5, 5.41) is 10.4. The van der Waals surface area contributed by atoms with Gasteiger partial charge < -0.3 is 20.9 Å². The summed E-state index contributed by atoms with van der Waals surface area (Å²) in [7, 11) is 0. The lowest BCUT2D eigenvalue weighted by molar-refractivity contribution is -0.127. The third kappa shape index (κ3) is 9.33. The van der Waals surface area contributed by atoms with Crippen molar-refractivity contribution in [3.8, 4) is 0 Å². The first-order chi connectivity index (χ1) is 13.4. The Morgan fingerprint density at radius 1 is 1.24 bits per heavy atom. The maximum absolute atomic E-state index is 11.7. The largest absolute Gasteiger partial charge is 0.357 e. The van der Waals surface area contributed by atoms with Gasteiger partial charge in [0.05, 0.1) is 6.54 Å². The number of aliphatic imine (C=N–C) groups is 1. The minimum Gasteiger partial charge on any atom is -0.357 e. The molecule has 1 aliphatic heterocycles. The highest BCUT2D eigenvalue weighted by molar-refractivity contribution is 14.0. The summed E-state index contributed by atoms with van der Waals surface area (Å²) in [6, 6.07) is 10.7. The molecule has 1 aromatic carbocycles. The van der Waals surface area contributed by atoms with E-state index in [1.54, 1.807) is 0 Å². The van der Waals surface area contributed by atoms with Crippen molar-refractivity contribution in [3.05, 3.63) is 35.9 Å². The van der Waals surface area contributed by atoms with Crippen molar-refractivity contribution in [2.24, 2.45) is 4.99 Å². The minimum absolute atomic E-state index is 0. The lowest BCUT2D eigenvalue weighted by Gasteiger charge is -2.29. The van der Waals surface area contributed by atoms with Crippen molar-refractivity contribution in [2.45, 2.75) is 58.5 Å². The Balaban J connectivity index is 0.00000420. The van der Waals surface area contributed by atoms with Crippen molar-refractivity contribution >= 4 is 35.8 Å². The number of amides is 1. The van der Waals surface area contributed by atoms with Crippen LogP contribution >= 0.6 is 24.0 Å². The maximum atomic E-state index is 11.7. The number of carbonyl (C=O) groups is 1. The second-order valence-electron chi connectivity index (χ2n) is 8.12. The summed E-state index contributed by atoms with van der Waals surface area (Å²) in [5.74, 6) is 1.12. The molecule has 0 bridgehead atoms. The zero-order valence-corrected chi connectivity index (χ0v) is 20.7. The van der Waals surface area contributed by atoms with E-state index in [9.17, 15) is 4.79 Å². The van der Waals surface area contributed by atoms with E-state index in [1.165, 1.54) is 5.56 Å². The molecular formula is C22H38IN5O. The van der Waals surface area contributed by atoms with E-state index in [2.05, 4.69) is 67.9 Å². The average molecular weight is 515 g/mol. The summed E-state index contributed by atoms with van der Waals surface area (Å²) in [5.41, 5.74) is 1.15. The predicted octanol–water partition coefficient (Wildman–Crippen LogP) is 3.30. The molecular weight excluding hydrogens is 477 g/mol. The zero-order chi connectivity index (χ0) is 20.4. The van der Waals surface area contributed by atoms with E-state index < -0.39 is 0 Å². The topological polar surface area (TPSA) is 68.8 Å². The van der Waals surface area contributed by atoms with Crippen molar-refractivity contribution in [3.63, 3.8) is 0 Å². The lowest BCUT2D eigenvalue weighted by Crippen LogP contribution is -2.45. The van der Waals surface area contributed by atoms with Gasteiger partial charge in [0.1, 0.15) is 0 Å². The van der Waals surface area contributed by atoms with Crippen LogP contribution in [-0.2, 0) is 4.79 Å². The second kappa shape index (κ2) is 13.1. The van der Waals surface area contributed by atoms with E-state index in [4.69, 9.17) is 4.99 Å². The molecule has 3 N–H and O–H groups in total. The summed E-state index contributed by atoms with van der Waals surface area (Å²) >= 11 is 0. The highest BCUT2D eigenvalue weighted by Crippen LogP contribution is 2.16. The van der Waals surface area contributed by atoms with Crippen LogP contribution in [0.5, 0.6) is 0 Å². The third-order valence-electron chi connectivity index (χ3n) is 4.95. The standard InChI is InChI=1S/C22H37N5O.HI/c1-5-23-21(24-14-10-16-27-15-9-13-20(27)28)25-17-22(3,4)26-18(2)19-11-7-6-8-12-19;/h6-8,11-12,18,26H,5,9-10,13-17H2,1-4H3,(H2,23,24,25);1H. The molecule has 0 aliphatic carbocycles. The number of nitrogens with one attached hydrogen (secondary N) is 3. The van der Waals surface area contributed by atoms with Crippen LogP contribution in [0.15, 0.2) is 35.3 Å². The summed E-state index contributed by atoms with van der Waals surface area (Å²) < 4.78 is 0. The van der Waals surface area contributed by atoms with Crippen LogP contribution in [0.25, 0.3) is 0 Å². The highest BCUT2D eigenvalue weighted by Gasteiger charge is 2.21. The van der Waals surface area contributed by atoms with Gasteiger partial charge in [-0.05, 0) is 46.1 Å². The molecule has 6 nitrogen and oxygen atoms in total. The first-order valence-electron chi connectivity index (χ1n) is 10.5. The van der Waals surface area contributed by atoms with Crippen molar-refractivity contribution in [1.29, 1.82) is 0 Å². The van der Waals surface area contributed by atoms with Crippen molar-refractivity contribution < 1.29 is 4.79 Å². The van der Waals surface area contributed by atoms with E-state index in [0.717, 1.165) is 45.0 Å². The number of hydrogen-bond donors (Lipinski definition) is 3. The monoisotopic (exact) mass is 515 g/mol. The van der Waals surface area contributed by atoms with Gasteiger partial charge in [-0.3, -0.25) is 9.79 Å². The smallest absolute Gasteiger partial charge is 0.222 e. The molecule has 0 radical (unpaired) electrons. The fourth-order valence-corrected chi connectivity index (χ4v) is 3.49. The summed E-state index contributed by atoms with van der Waals surface area (Å²) in [6.07, 6.45) is 2.64. The first kappa shape index (κ1) is 25.7. The number of likely N-dealkylation sites (tertiary alicyclic amines) is 1. The molecule has 1 aliphatic rings. The minimum atomic E-state index is -0.125. The number of guanidine groups is 1. The zero-order valence-electron chi connectivity index (χ0n) is 18.3. The number of nitrogens with zero attached hydrogens (tertiary/aromatic N) is 2. The van der Waals surface area contributed by atoms with E-state index >= 15 is 0 Å². The highest BCUT2D eigenvalue weighted by atomic mass is 127. The van der Waals surface area contributed by atoms with Crippen LogP contribution in [-0.4, -0.2) is 55.0 Å². The number of carbonyl (C=O) groups excluding carboxylic acids is 1. The number of benzene rings is 1. The molecule has 1 aromatic rings. The molecule has 2 rings (SSSR count). The van der Waals surface area contributed by atoms with Crippen molar-refractivity contribution in [1.82, 2.24) is 20.9 Å². The number of rotatable bonds is 10. The first-order valence-corrected chi connectivity index (χ1v) is 10.5. The van der Waals surface area contributed by atoms with Gasteiger partial charge in [-0.15, -0.1) is 24.0 Å². The average Bonchev–Trinajstić information content (AvgIpc) is 3.08. The van der Waals surface area contributed by atoms with Crippen LogP contribution in [0.4, 0.5) is 0 Å². The van der Waals surface area contributed by atoms with Crippen LogP contribution in [0.1, 0.15) is 58.6 Å². The molecule has 164 valence electrons. The van der Waals surface area contributed by atoms with Gasteiger partial charge in [-0.25, -0.2) is 0 Å².